The summed E-state index contributed by atoms with van der Waals surface area (Å²) in [6.07, 6.45) is 3.72. The quantitative estimate of drug-likeness (QED) is 0.790. The topological polar surface area (TPSA) is 67.2 Å². The lowest BCUT2D eigenvalue weighted by atomic mass is 10.1. The zero-order chi connectivity index (χ0) is 17.9. The van der Waals surface area contributed by atoms with E-state index in [0.29, 0.717) is 12.2 Å². The highest BCUT2D eigenvalue weighted by Gasteiger charge is 2.35. The Morgan fingerprint density at radius 3 is 2.58 bits per heavy atom. The summed E-state index contributed by atoms with van der Waals surface area (Å²) in [5.74, 6) is -0.568. The number of para-hydroxylation sites is 3. The second kappa shape index (κ2) is 6.84. The van der Waals surface area contributed by atoms with Crippen LogP contribution < -0.4 is 10.2 Å². The molecule has 1 aromatic heterocycles. The van der Waals surface area contributed by atoms with Crippen molar-refractivity contribution in [2.75, 3.05) is 16.8 Å². The zero-order valence-electron chi connectivity index (χ0n) is 14.1. The fraction of sp³-hybridized carbons (Fsp3) is 0.150. The van der Waals surface area contributed by atoms with Gasteiger partial charge in [0.15, 0.2) is 0 Å². The molecule has 6 nitrogen and oxygen atoms in total. The molecule has 1 unspecified atom stereocenters. The molecule has 130 valence electrons. The van der Waals surface area contributed by atoms with E-state index >= 15 is 0 Å². The third-order valence-electron chi connectivity index (χ3n) is 4.48. The van der Waals surface area contributed by atoms with E-state index in [2.05, 4.69) is 10.4 Å². The number of carbonyl (C=O) groups excluding carboxylic acids is 2. The first-order chi connectivity index (χ1) is 12.7. The summed E-state index contributed by atoms with van der Waals surface area (Å²) in [6, 6.07) is 18.7. The molecule has 4 rings (SSSR count). The highest BCUT2D eigenvalue weighted by atomic mass is 16.2. The lowest BCUT2D eigenvalue weighted by Gasteiger charge is -2.17. The van der Waals surface area contributed by atoms with E-state index in [1.54, 1.807) is 15.8 Å². The molecule has 0 saturated carbocycles. The van der Waals surface area contributed by atoms with Crippen LogP contribution in [0.3, 0.4) is 0 Å². The monoisotopic (exact) mass is 346 g/mol. The summed E-state index contributed by atoms with van der Waals surface area (Å²) < 4.78 is 1.70. The van der Waals surface area contributed by atoms with Gasteiger partial charge in [0.05, 0.1) is 17.3 Å². The van der Waals surface area contributed by atoms with Crippen LogP contribution in [0.4, 0.5) is 11.4 Å². The lowest BCUT2D eigenvalue weighted by Crippen LogP contribution is -2.28. The molecule has 1 fully saturated rings. The van der Waals surface area contributed by atoms with Crippen LogP contribution in [0.1, 0.15) is 6.42 Å². The zero-order valence-corrected chi connectivity index (χ0v) is 14.1. The normalized spacial score (nSPS) is 16.7. The van der Waals surface area contributed by atoms with E-state index < -0.39 is 0 Å². The number of carbonyl (C=O) groups is 2. The van der Waals surface area contributed by atoms with Gasteiger partial charge in [-0.25, -0.2) is 4.68 Å². The molecule has 1 saturated heterocycles. The smallest absolute Gasteiger partial charge is 0.229 e. The largest absolute Gasteiger partial charge is 0.324 e. The Morgan fingerprint density at radius 1 is 1.04 bits per heavy atom. The fourth-order valence-electron chi connectivity index (χ4n) is 3.17. The van der Waals surface area contributed by atoms with Gasteiger partial charge in [-0.1, -0.05) is 30.3 Å². The van der Waals surface area contributed by atoms with Gasteiger partial charge in [0.25, 0.3) is 0 Å². The van der Waals surface area contributed by atoms with Crippen LogP contribution in [0.5, 0.6) is 0 Å². The van der Waals surface area contributed by atoms with Crippen molar-refractivity contribution in [3.05, 3.63) is 73.1 Å². The molecule has 1 aliphatic rings. The summed E-state index contributed by atoms with van der Waals surface area (Å²) in [4.78, 5) is 26.7. The fourth-order valence-corrected chi connectivity index (χ4v) is 3.17. The van der Waals surface area contributed by atoms with Crippen LogP contribution in [0.25, 0.3) is 5.69 Å². The van der Waals surface area contributed by atoms with E-state index in [-0.39, 0.29) is 24.2 Å². The molecular weight excluding hydrogens is 328 g/mol. The minimum Gasteiger partial charge on any atom is -0.324 e. The van der Waals surface area contributed by atoms with Crippen molar-refractivity contribution in [2.45, 2.75) is 6.42 Å². The Hall–Kier alpha value is -3.41. The highest BCUT2D eigenvalue weighted by Crippen LogP contribution is 2.27. The number of anilines is 2. The van der Waals surface area contributed by atoms with E-state index in [4.69, 9.17) is 0 Å². The minimum atomic E-state index is -0.381. The maximum absolute atomic E-state index is 12.7. The molecule has 1 atom stereocenters. The maximum Gasteiger partial charge on any atom is 0.229 e. The molecular formula is C20H18N4O2. The van der Waals surface area contributed by atoms with Crippen LogP contribution in [-0.2, 0) is 9.59 Å². The summed E-state index contributed by atoms with van der Waals surface area (Å²) in [5.41, 5.74) is 2.28. The number of aromatic nitrogens is 2. The Bertz CT molecular complexity index is 922. The molecule has 6 heteroatoms. The van der Waals surface area contributed by atoms with Crippen LogP contribution in [0, 0.1) is 5.92 Å². The number of nitrogens with zero attached hydrogens (tertiary/aromatic N) is 3. The number of hydrogen-bond acceptors (Lipinski definition) is 3. The molecule has 1 aliphatic heterocycles. The summed E-state index contributed by atoms with van der Waals surface area (Å²) in [7, 11) is 0. The van der Waals surface area contributed by atoms with Crippen molar-refractivity contribution < 1.29 is 9.59 Å². The average Bonchev–Trinajstić information content (AvgIpc) is 3.33. The van der Waals surface area contributed by atoms with Crippen LogP contribution in [-0.4, -0.2) is 28.1 Å². The molecule has 0 bridgehead atoms. The van der Waals surface area contributed by atoms with Gasteiger partial charge in [-0.15, -0.1) is 0 Å². The maximum atomic E-state index is 12.7. The van der Waals surface area contributed by atoms with Gasteiger partial charge in [0.2, 0.25) is 11.8 Å². The first-order valence-electron chi connectivity index (χ1n) is 8.48. The SMILES string of the molecule is O=C(Nc1ccccc1-n1cccn1)C1CC(=O)N(c2ccccc2)C1. The lowest BCUT2D eigenvalue weighted by molar-refractivity contribution is -0.122. The van der Waals surface area contributed by atoms with Crippen molar-refractivity contribution in [2.24, 2.45) is 5.92 Å². The molecule has 26 heavy (non-hydrogen) atoms. The molecule has 1 N–H and O–H groups in total. The minimum absolute atomic E-state index is 0.0308. The van der Waals surface area contributed by atoms with E-state index in [0.717, 1.165) is 11.4 Å². The molecule has 0 spiro atoms. The van der Waals surface area contributed by atoms with Gasteiger partial charge in [0.1, 0.15) is 0 Å². The van der Waals surface area contributed by atoms with Crippen LogP contribution >= 0.6 is 0 Å². The summed E-state index contributed by atoms with van der Waals surface area (Å²) in [5, 5.41) is 7.17. The number of rotatable bonds is 4. The molecule has 2 amide bonds. The number of hydrogen-bond donors (Lipinski definition) is 1. The van der Waals surface area contributed by atoms with Gasteiger partial charge in [-0.3, -0.25) is 9.59 Å². The number of benzene rings is 2. The Kier molecular flexibility index (Phi) is 4.23. The summed E-state index contributed by atoms with van der Waals surface area (Å²) in [6.45, 7) is 0.388. The van der Waals surface area contributed by atoms with Crippen LogP contribution in [0.2, 0.25) is 0 Å². The van der Waals surface area contributed by atoms with Crippen molar-refractivity contribution in [3.63, 3.8) is 0 Å². The molecule has 2 heterocycles. The van der Waals surface area contributed by atoms with Gasteiger partial charge in [-0.05, 0) is 30.3 Å². The predicted molar refractivity (Wildman–Crippen MR) is 99.1 cm³/mol. The highest BCUT2D eigenvalue weighted by molar-refractivity contribution is 6.04. The second-order valence-corrected chi connectivity index (χ2v) is 6.20. The van der Waals surface area contributed by atoms with Gasteiger partial charge in [0, 0.05) is 31.0 Å². The van der Waals surface area contributed by atoms with Crippen molar-refractivity contribution in [1.29, 1.82) is 0 Å². The van der Waals surface area contributed by atoms with Crippen molar-refractivity contribution in [3.8, 4) is 5.69 Å². The van der Waals surface area contributed by atoms with Gasteiger partial charge < -0.3 is 10.2 Å². The first-order valence-corrected chi connectivity index (χ1v) is 8.48. The molecule has 2 aromatic carbocycles. The van der Waals surface area contributed by atoms with Crippen LogP contribution in [0.15, 0.2) is 73.1 Å². The summed E-state index contributed by atoms with van der Waals surface area (Å²) >= 11 is 0. The third kappa shape index (κ3) is 3.09. The molecule has 0 radical (unpaired) electrons. The Morgan fingerprint density at radius 2 is 1.81 bits per heavy atom. The first kappa shape index (κ1) is 16.1. The average molecular weight is 346 g/mol. The Balaban J connectivity index is 1.51. The van der Waals surface area contributed by atoms with E-state index in [1.807, 2.05) is 66.9 Å². The van der Waals surface area contributed by atoms with Crippen molar-refractivity contribution >= 4 is 23.2 Å². The van der Waals surface area contributed by atoms with Gasteiger partial charge in [-0.2, -0.15) is 5.10 Å². The predicted octanol–water partition coefficient (Wildman–Crippen LogP) is 2.86. The molecule has 3 aromatic rings. The van der Waals surface area contributed by atoms with Crippen molar-refractivity contribution in [1.82, 2.24) is 9.78 Å². The van der Waals surface area contributed by atoms with E-state index in [1.165, 1.54) is 0 Å². The Labute approximate surface area is 151 Å². The number of amides is 2. The van der Waals surface area contributed by atoms with Gasteiger partial charge >= 0.3 is 0 Å². The third-order valence-corrected chi connectivity index (χ3v) is 4.48. The van der Waals surface area contributed by atoms with E-state index in [9.17, 15) is 9.59 Å². The second-order valence-electron chi connectivity index (χ2n) is 6.20. The standard InChI is InChI=1S/C20H18N4O2/c25-19-13-15(14-23(19)16-7-2-1-3-8-16)20(26)22-17-9-4-5-10-18(17)24-12-6-11-21-24/h1-12,15H,13-14H2,(H,22,26). The molecule has 0 aliphatic carbocycles. The number of nitrogens with one attached hydrogen (secondary N) is 1.